The van der Waals surface area contributed by atoms with E-state index in [1.165, 1.54) is 0 Å². The highest BCUT2D eigenvalue weighted by Gasteiger charge is 2.27. The van der Waals surface area contributed by atoms with E-state index in [2.05, 4.69) is 43.6 Å². The van der Waals surface area contributed by atoms with Crippen LogP contribution in [0.5, 0.6) is 0 Å². The molecule has 8 heteroatoms. The minimum Gasteiger partial charge on any atom is -0.390 e. The van der Waals surface area contributed by atoms with Crippen LogP contribution >= 0.6 is 11.8 Å². The molecule has 4 N–H and O–H groups in total. The van der Waals surface area contributed by atoms with Crippen molar-refractivity contribution in [3.05, 3.63) is 59.7 Å². The van der Waals surface area contributed by atoms with Gasteiger partial charge in [-0.15, -0.1) is 0 Å². The molecule has 2 aromatic carbocycles. The Kier molecular flexibility index (Phi) is 11.7. The largest absolute Gasteiger partial charge is 0.390 e. The second-order valence-electron chi connectivity index (χ2n) is 11.5. The molecule has 0 unspecified atom stereocenters. The number of benzene rings is 2. The lowest BCUT2D eigenvalue weighted by atomic mass is 9.99. The number of anilines is 2. The molecule has 3 rings (SSSR count). The molecule has 0 aromatic heterocycles. The summed E-state index contributed by atoms with van der Waals surface area (Å²) in [6.45, 7) is 12.4. The molecule has 1 saturated heterocycles. The first kappa shape index (κ1) is 31.0. The number of rotatable bonds is 15. The van der Waals surface area contributed by atoms with Crippen LogP contribution in [-0.4, -0.2) is 65.7 Å². The third-order valence-electron chi connectivity index (χ3n) is 6.73. The van der Waals surface area contributed by atoms with Crippen molar-refractivity contribution in [2.75, 3.05) is 41.4 Å². The molecular weight excluding hydrogens is 508 g/mol. The van der Waals surface area contributed by atoms with Crippen LogP contribution in [0.1, 0.15) is 63.4 Å². The number of hydrogen-bond acceptors (Lipinski definition) is 6. The third-order valence-corrected chi connectivity index (χ3v) is 8.56. The van der Waals surface area contributed by atoms with E-state index in [0.29, 0.717) is 44.0 Å². The molecule has 0 spiro atoms. The number of hydrogen-bond donors (Lipinski definition) is 4. The minimum atomic E-state index is -0.792. The Bertz CT molecular complexity index is 1080. The number of carbonyl (C=O) groups excluding carboxylic acids is 2. The molecule has 1 fully saturated rings. The van der Waals surface area contributed by atoms with E-state index in [1.54, 1.807) is 11.0 Å². The highest BCUT2D eigenvalue weighted by atomic mass is 32.2. The number of aliphatic hydroxyl groups excluding tert-OH is 1. The lowest BCUT2D eigenvalue weighted by Crippen LogP contribution is -2.53. The molecule has 1 heterocycles. The van der Waals surface area contributed by atoms with E-state index in [1.807, 2.05) is 61.2 Å². The first-order chi connectivity index (χ1) is 18.6. The fraction of sp³-hybridized carbons (Fsp3) is 0.548. The van der Waals surface area contributed by atoms with Crippen LogP contribution in [-0.2, 0) is 11.2 Å². The van der Waals surface area contributed by atoms with E-state index in [0.717, 1.165) is 34.9 Å². The predicted molar refractivity (Wildman–Crippen MR) is 164 cm³/mol. The van der Waals surface area contributed by atoms with Crippen molar-refractivity contribution in [2.45, 2.75) is 71.6 Å². The molecule has 0 saturated carbocycles. The van der Waals surface area contributed by atoms with Gasteiger partial charge in [0.25, 0.3) is 5.91 Å². The minimum absolute atomic E-state index is 0.0765. The van der Waals surface area contributed by atoms with Crippen molar-refractivity contribution in [3.63, 3.8) is 0 Å². The van der Waals surface area contributed by atoms with Crippen LogP contribution in [0.15, 0.2) is 48.5 Å². The van der Waals surface area contributed by atoms with E-state index in [-0.39, 0.29) is 17.4 Å². The fourth-order valence-electron chi connectivity index (χ4n) is 4.65. The van der Waals surface area contributed by atoms with Gasteiger partial charge in [-0.2, -0.15) is 11.8 Å². The molecule has 2 aromatic rings. The van der Waals surface area contributed by atoms with E-state index >= 15 is 0 Å². The monoisotopic (exact) mass is 554 g/mol. The lowest BCUT2D eigenvalue weighted by molar-refractivity contribution is -0.117. The topological polar surface area (TPSA) is 93.7 Å². The quantitative estimate of drug-likeness (QED) is 0.255. The van der Waals surface area contributed by atoms with Gasteiger partial charge in [-0.1, -0.05) is 44.2 Å². The lowest BCUT2D eigenvalue weighted by Gasteiger charge is -2.31. The summed E-state index contributed by atoms with van der Waals surface area (Å²) in [5, 5.41) is 21.2. The first-order valence-corrected chi connectivity index (χ1v) is 15.3. The maximum absolute atomic E-state index is 13.6. The van der Waals surface area contributed by atoms with Crippen LogP contribution in [0, 0.1) is 5.92 Å². The number of amides is 2. The summed E-state index contributed by atoms with van der Waals surface area (Å²) < 4.78 is 0. The van der Waals surface area contributed by atoms with Crippen LogP contribution in [0.25, 0.3) is 0 Å². The molecule has 214 valence electrons. The zero-order chi connectivity index (χ0) is 28.4. The summed E-state index contributed by atoms with van der Waals surface area (Å²) in [4.78, 5) is 27.7. The van der Waals surface area contributed by atoms with E-state index < -0.39 is 12.1 Å². The highest BCUT2D eigenvalue weighted by molar-refractivity contribution is 7.99. The average Bonchev–Trinajstić information content (AvgIpc) is 3.33. The SMILES string of the molecule is CCNc1cc(C(=O)N[C@@H](Cc2ccccc2)[C@H](O)CNC(C)(C)CSCC(C)C)cc(N2CCCC2=O)c1. The Morgan fingerprint density at radius 2 is 1.90 bits per heavy atom. The second kappa shape index (κ2) is 14.7. The summed E-state index contributed by atoms with van der Waals surface area (Å²) >= 11 is 1.91. The molecule has 0 radical (unpaired) electrons. The standard InChI is InChI=1S/C31H46N4O3S/c1-6-32-25-16-24(17-26(18-25)35-14-10-13-29(35)37)30(38)34-27(15-23-11-8-7-9-12-23)28(36)19-33-31(4,5)21-39-20-22(2)3/h7-9,11-12,16-18,22,27-28,32-33,36H,6,10,13-15,19-21H2,1-5H3,(H,34,38)/t27-,28+/m0/s1. The maximum Gasteiger partial charge on any atom is 0.251 e. The number of nitrogens with zero attached hydrogens (tertiary/aromatic N) is 1. The van der Waals surface area contributed by atoms with Crippen molar-refractivity contribution in [1.29, 1.82) is 0 Å². The summed E-state index contributed by atoms with van der Waals surface area (Å²) in [6, 6.07) is 14.9. The Morgan fingerprint density at radius 1 is 1.15 bits per heavy atom. The normalized spacial score (nSPS) is 15.5. The van der Waals surface area contributed by atoms with Crippen LogP contribution in [0.2, 0.25) is 0 Å². The van der Waals surface area contributed by atoms with Gasteiger partial charge in [0.05, 0.1) is 12.1 Å². The molecule has 1 aliphatic rings. The van der Waals surface area contributed by atoms with Gasteiger partial charge in [0.1, 0.15) is 0 Å². The van der Waals surface area contributed by atoms with Crippen molar-refractivity contribution >= 4 is 35.0 Å². The zero-order valence-electron chi connectivity index (χ0n) is 24.1. The predicted octanol–water partition coefficient (Wildman–Crippen LogP) is 4.70. The summed E-state index contributed by atoms with van der Waals surface area (Å²) in [6.07, 6.45) is 1.05. The van der Waals surface area contributed by atoms with Gasteiger partial charge in [0, 0.05) is 54.3 Å². The molecule has 2 atom stereocenters. The fourth-order valence-corrected chi connectivity index (χ4v) is 5.85. The average molecular weight is 555 g/mol. The van der Waals surface area contributed by atoms with Crippen molar-refractivity contribution in [2.24, 2.45) is 5.92 Å². The maximum atomic E-state index is 13.6. The Hall–Kier alpha value is -2.55. The first-order valence-electron chi connectivity index (χ1n) is 14.1. The number of nitrogens with one attached hydrogen (secondary N) is 3. The van der Waals surface area contributed by atoms with Gasteiger partial charge >= 0.3 is 0 Å². The molecule has 0 aliphatic carbocycles. The highest BCUT2D eigenvalue weighted by Crippen LogP contribution is 2.27. The Balaban J connectivity index is 1.77. The van der Waals surface area contributed by atoms with Gasteiger partial charge in [-0.3, -0.25) is 9.59 Å². The van der Waals surface area contributed by atoms with Crippen molar-refractivity contribution in [3.8, 4) is 0 Å². The van der Waals surface area contributed by atoms with E-state index in [4.69, 9.17) is 0 Å². The molecule has 39 heavy (non-hydrogen) atoms. The molecule has 1 aliphatic heterocycles. The van der Waals surface area contributed by atoms with Crippen LogP contribution in [0.3, 0.4) is 0 Å². The Morgan fingerprint density at radius 3 is 2.54 bits per heavy atom. The molecule has 7 nitrogen and oxygen atoms in total. The molecular formula is C31H46N4O3S. The number of carbonyl (C=O) groups is 2. The number of aliphatic hydroxyl groups is 1. The van der Waals surface area contributed by atoms with Crippen molar-refractivity contribution < 1.29 is 14.7 Å². The molecule has 0 bridgehead atoms. The smallest absolute Gasteiger partial charge is 0.251 e. The van der Waals surface area contributed by atoms with Crippen LogP contribution in [0.4, 0.5) is 11.4 Å². The van der Waals surface area contributed by atoms with E-state index in [9.17, 15) is 14.7 Å². The summed E-state index contributed by atoms with van der Waals surface area (Å²) in [5.74, 6) is 2.47. The van der Waals surface area contributed by atoms with Gasteiger partial charge in [-0.25, -0.2) is 0 Å². The van der Waals surface area contributed by atoms with Gasteiger partial charge < -0.3 is 26.0 Å². The van der Waals surface area contributed by atoms with Gasteiger partial charge in [0.15, 0.2) is 0 Å². The zero-order valence-corrected chi connectivity index (χ0v) is 24.9. The second-order valence-corrected chi connectivity index (χ2v) is 12.5. The number of thioether (sulfide) groups is 1. The van der Waals surface area contributed by atoms with Gasteiger partial charge in [-0.05, 0) is 69.0 Å². The molecule has 2 amide bonds. The van der Waals surface area contributed by atoms with Crippen molar-refractivity contribution in [1.82, 2.24) is 10.6 Å². The van der Waals surface area contributed by atoms with Gasteiger partial charge in [0.2, 0.25) is 5.91 Å². The third kappa shape index (κ3) is 9.85. The summed E-state index contributed by atoms with van der Waals surface area (Å²) in [7, 11) is 0. The van der Waals surface area contributed by atoms with Crippen LogP contribution < -0.4 is 20.9 Å². The summed E-state index contributed by atoms with van der Waals surface area (Å²) in [5.41, 5.74) is 2.87. The number of β-amino-alcohol motifs (C(OH)–C–C–N with tert-alkyl or cyclic N) is 1. The Labute approximate surface area is 238 Å².